The highest BCUT2D eigenvalue weighted by molar-refractivity contribution is 5.87. The highest BCUT2D eigenvalue weighted by Crippen LogP contribution is 2.32. The number of hydrogen-bond donors (Lipinski definition) is 1. The second-order valence-corrected chi connectivity index (χ2v) is 4.33. The summed E-state index contributed by atoms with van der Waals surface area (Å²) in [4.78, 5) is 7.16. The summed E-state index contributed by atoms with van der Waals surface area (Å²) in [5.74, 6) is 0.316. The summed E-state index contributed by atoms with van der Waals surface area (Å²) in [7, 11) is 5.12. The van der Waals surface area contributed by atoms with E-state index in [4.69, 9.17) is 9.57 Å². The summed E-state index contributed by atoms with van der Waals surface area (Å²) in [6.07, 6.45) is -0.445. The molecule has 1 heterocycles. The van der Waals surface area contributed by atoms with Crippen molar-refractivity contribution in [2.24, 2.45) is 11.1 Å². The Kier molecular flexibility index (Phi) is 3.70. The lowest BCUT2D eigenvalue weighted by Crippen LogP contribution is -2.54. The van der Waals surface area contributed by atoms with Gasteiger partial charge < -0.3 is 14.7 Å². The average Bonchev–Trinajstić information content (AvgIpc) is 2.62. The Morgan fingerprint density at radius 2 is 2.13 bits per heavy atom. The maximum Gasteiger partial charge on any atom is 0.246 e. The zero-order valence-electron chi connectivity index (χ0n) is 10.0. The van der Waals surface area contributed by atoms with Crippen LogP contribution < -0.4 is 0 Å². The number of oxime groups is 1. The van der Waals surface area contributed by atoms with Gasteiger partial charge in [0.25, 0.3) is 0 Å². The third-order valence-electron chi connectivity index (χ3n) is 2.79. The van der Waals surface area contributed by atoms with Gasteiger partial charge in [0.05, 0.1) is 12.1 Å². The quantitative estimate of drug-likeness (QED) is 0.701. The summed E-state index contributed by atoms with van der Waals surface area (Å²) in [5.41, 5.74) is 0.0637. The van der Waals surface area contributed by atoms with Crippen LogP contribution in [0.3, 0.4) is 0 Å². The van der Waals surface area contributed by atoms with Crippen LogP contribution in [0.1, 0.15) is 20.3 Å². The summed E-state index contributed by atoms with van der Waals surface area (Å²) in [5, 5.41) is 13.8. The first kappa shape index (κ1) is 12.4. The van der Waals surface area contributed by atoms with Gasteiger partial charge in [0.1, 0.15) is 0 Å². The number of aliphatic hydroxyl groups is 1. The minimum atomic E-state index is -1.01. The molecule has 15 heavy (non-hydrogen) atoms. The number of ether oxygens (including phenoxy) is 1. The SMILES string of the molecule is COC(O)C1(N(C)C)CC(C(C)C)=NO1. The van der Waals surface area contributed by atoms with E-state index < -0.39 is 12.0 Å². The second-order valence-electron chi connectivity index (χ2n) is 4.33. The molecule has 0 aromatic carbocycles. The largest absolute Gasteiger partial charge is 0.367 e. The fourth-order valence-electron chi connectivity index (χ4n) is 1.55. The van der Waals surface area contributed by atoms with Gasteiger partial charge in [-0.15, -0.1) is 0 Å². The molecule has 0 bridgehead atoms. The summed E-state index contributed by atoms with van der Waals surface area (Å²) in [6, 6.07) is 0. The van der Waals surface area contributed by atoms with Crippen LogP contribution in [0.4, 0.5) is 0 Å². The first-order valence-electron chi connectivity index (χ1n) is 5.07. The smallest absolute Gasteiger partial charge is 0.246 e. The lowest BCUT2D eigenvalue weighted by atomic mass is 9.98. The van der Waals surface area contributed by atoms with Crippen molar-refractivity contribution in [3.8, 4) is 0 Å². The molecule has 0 aromatic rings. The zero-order chi connectivity index (χ0) is 11.6. The van der Waals surface area contributed by atoms with Crippen LogP contribution in [0.5, 0.6) is 0 Å². The minimum absolute atomic E-state index is 0.316. The van der Waals surface area contributed by atoms with Crippen LogP contribution in [0.2, 0.25) is 0 Å². The van der Waals surface area contributed by atoms with Crippen LogP contribution in [-0.2, 0) is 9.57 Å². The maximum atomic E-state index is 9.82. The van der Waals surface area contributed by atoms with Crippen molar-refractivity contribution >= 4 is 5.71 Å². The molecular formula is C10H20N2O3. The summed E-state index contributed by atoms with van der Waals surface area (Å²) >= 11 is 0. The van der Waals surface area contributed by atoms with E-state index in [2.05, 4.69) is 5.16 Å². The molecule has 2 atom stereocenters. The number of rotatable bonds is 4. The predicted molar refractivity (Wildman–Crippen MR) is 57.4 cm³/mol. The van der Waals surface area contributed by atoms with Gasteiger partial charge >= 0.3 is 0 Å². The van der Waals surface area contributed by atoms with E-state index in [0.29, 0.717) is 12.3 Å². The van der Waals surface area contributed by atoms with E-state index in [1.807, 2.05) is 27.9 Å². The van der Waals surface area contributed by atoms with Gasteiger partial charge in [-0.05, 0) is 20.0 Å². The molecule has 1 N–H and O–H groups in total. The lowest BCUT2D eigenvalue weighted by Gasteiger charge is -2.36. The Hall–Kier alpha value is -0.650. The first-order valence-corrected chi connectivity index (χ1v) is 5.07. The van der Waals surface area contributed by atoms with Gasteiger partial charge in [-0.25, -0.2) is 0 Å². The van der Waals surface area contributed by atoms with Crippen LogP contribution >= 0.6 is 0 Å². The molecule has 0 aromatic heterocycles. The van der Waals surface area contributed by atoms with Gasteiger partial charge in [0.2, 0.25) is 12.0 Å². The predicted octanol–water partition coefficient (Wildman–Crippen LogP) is 0.641. The molecule has 0 fully saturated rings. The maximum absolute atomic E-state index is 9.82. The third kappa shape index (κ3) is 2.14. The normalized spacial score (nSPS) is 28.1. The Morgan fingerprint density at radius 1 is 1.53 bits per heavy atom. The molecule has 0 radical (unpaired) electrons. The monoisotopic (exact) mass is 216 g/mol. The molecule has 0 aliphatic carbocycles. The molecular weight excluding hydrogens is 196 g/mol. The molecule has 1 aliphatic rings. The number of hydrogen-bond acceptors (Lipinski definition) is 5. The van der Waals surface area contributed by atoms with E-state index in [1.54, 1.807) is 4.90 Å². The van der Waals surface area contributed by atoms with Crippen molar-refractivity contribution in [3.05, 3.63) is 0 Å². The lowest BCUT2D eigenvalue weighted by molar-refractivity contribution is -0.263. The van der Waals surface area contributed by atoms with Crippen LogP contribution in [0.15, 0.2) is 5.16 Å². The summed E-state index contributed by atoms with van der Waals surface area (Å²) in [6.45, 7) is 4.10. The minimum Gasteiger partial charge on any atom is -0.367 e. The second kappa shape index (κ2) is 4.47. The van der Waals surface area contributed by atoms with Gasteiger partial charge in [0, 0.05) is 7.11 Å². The molecule has 88 valence electrons. The van der Waals surface area contributed by atoms with E-state index in [9.17, 15) is 5.11 Å². The topological polar surface area (TPSA) is 54.3 Å². The van der Waals surface area contributed by atoms with Gasteiger partial charge in [-0.2, -0.15) is 0 Å². The number of aliphatic hydroxyl groups excluding tert-OH is 1. The van der Waals surface area contributed by atoms with Crippen LogP contribution in [0.25, 0.3) is 0 Å². The average molecular weight is 216 g/mol. The Bertz CT molecular complexity index is 253. The zero-order valence-corrected chi connectivity index (χ0v) is 10.0. The van der Waals surface area contributed by atoms with Gasteiger partial charge in [-0.1, -0.05) is 19.0 Å². The molecule has 1 rings (SSSR count). The first-order chi connectivity index (χ1) is 6.94. The Labute approximate surface area is 90.6 Å². The molecule has 0 saturated heterocycles. The van der Waals surface area contributed by atoms with E-state index in [1.165, 1.54) is 7.11 Å². The molecule has 1 aliphatic heterocycles. The Balaban J connectivity index is 2.82. The molecule has 0 spiro atoms. The third-order valence-corrected chi connectivity index (χ3v) is 2.79. The van der Waals surface area contributed by atoms with Crippen LogP contribution in [0, 0.1) is 5.92 Å². The van der Waals surface area contributed by atoms with E-state index >= 15 is 0 Å². The highest BCUT2D eigenvalue weighted by atomic mass is 16.7. The fourth-order valence-corrected chi connectivity index (χ4v) is 1.55. The summed E-state index contributed by atoms with van der Waals surface area (Å²) < 4.78 is 4.94. The van der Waals surface area contributed by atoms with Crippen molar-refractivity contribution in [2.75, 3.05) is 21.2 Å². The molecule has 5 heteroatoms. The standard InChI is InChI=1S/C10H20N2O3/c1-7(2)8-6-10(12(3)4,15-11-8)9(13)14-5/h7,9,13H,6H2,1-5H3. The van der Waals surface area contributed by atoms with Crippen molar-refractivity contribution in [1.82, 2.24) is 4.90 Å². The van der Waals surface area contributed by atoms with E-state index in [0.717, 1.165) is 5.71 Å². The van der Waals surface area contributed by atoms with Crippen molar-refractivity contribution < 1.29 is 14.7 Å². The van der Waals surface area contributed by atoms with Crippen molar-refractivity contribution in [2.45, 2.75) is 32.3 Å². The fraction of sp³-hybridized carbons (Fsp3) is 0.900. The van der Waals surface area contributed by atoms with E-state index in [-0.39, 0.29) is 0 Å². The number of likely N-dealkylation sites (N-methyl/N-ethyl adjacent to an activating group) is 1. The number of methoxy groups -OCH3 is 1. The molecule has 5 nitrogen and oxygen atoms in total. The molecule has 0 amide bonds. The number of nitrogens with zero attached hydrogens (tertiary/aromatic N) is 2. The Morgan fingerprint density at radius 3 is 2.47 bits per heavy atom. The van der Waals surface area contributed by atoms with Crippen LogP contribution in [-0.4, -0.2) is 48.9 Å². The molecule has 0 saturated carbocycles. The van der Waals surface area contributed by atoms with Crippen molar-refractivity contribution in [3.63, 3.8) is 0 Å². The van der Waals surface area contributed by atoms with Crippen molar-refractivity contribution in [1.29, 1.82) is 0 Å². The van der Waals surface area contributed by atoms with Gasteiger partial charge in [0.15, 0.2) is 0 Å². The van der Waals surface area contributed by atoms with Gasteiger partial charge in [-0.3, -0.25) is 4.90 Å². The molecule has 2 unspecified atom stereocenters. The highest BCUT2D eigenvalue weighted by Gasteiger charge is 2.49.